The van der Waals surface area contributed by atoms with E-state index in [0.29, 0.717) is 25.3 Å². The molecule has 4 rings (SSSR count). The van der Waals surface area contributed by atoms with Crippen LogP contribution in [0.25, 0.3) is 22.5 Å². The summed E-state index contributed by atoms with van der Waals surface area (Å²) in [6.45, 7) is 3.15. The Hall–Kier alpha value is -3.99. The Bertz CT molecular complexity index is 1330. The number of hydrogen-bond acceptors (Lipinski definition) is 5. The Morgan fingerprint density at radius 2 is 1.72 bits per heavy atom. The molecule has 0 spiro atoms. The van der Waals surface area contributed by atoms with Crippen molar-refractivity contribution in [2.24, 2.45) is 0 Å². The van der Waals surface area contributed by atoms with Gasteiger partial charge in [-0.1, -0.05) is 87.6 Å². The van der Waals surface area contributed by atoms with Gasteiger partial charge >= 0.3 is 5.69 Å². The van der Waals surface area contributed by atoms with Gasteiger partial charge in [0.05, 0.1) is 13.1 Å². The first-order chi connectivity index (χ1) is 17.7. The summed E-state index contributed by atoms with van der Waals surface area (Å²) in [7, 11) is 0. The zero-order valence-electron chi connectivity index (χ0n) is 20.9. The third-order valence-electron chi connectivity index (χ3n) is 6.35. The maximum atomic E-state index is 13.1. The Morgan fingerprint density at radius 1 is 0.972 bits per heavy atom. The summed E-state index contributed by atoms with van der Waals surface area (Å²) in [5, 5.41) is 18.9. The second-order valence-corrected chi connectivity index (χ2v) is 8.97. The molecule has 0 unspecified atom stereocenters. The molecular formula is C28H33N7O. The number of hydrogen-bond donors (Lipinski definition) is 1. The fourth-order valence-electron chi connectivity index (χ4n) is 4.40. The van der Waals surface area contributed by atoms with Gasteiger partial charge in [-0.3, -0.25) is 4.57 Å². The fraction of sp³-hybridized carbons (Fsp3) is 0.393. The van der Waals surface area contributed by atoms with Crippen molar-refractivity contribution >= 4 is 0 Å². The summed E-state index contributed by atoms with van der Waals surface area (Å²) < 4.78 is 3.31. The molecule has 2 heterocycles. The highest BCUT2D eigenvalue weighted by Crippen LogP contribution is 2.29. The van der Waals surface area contributed by atoms with Gasteiger partial charge < -0.3 is 0 Å². The quantitative estimate of drug-likeness (QED) is 0.216. The van der Waals surface area contributed by atoms with E-state index >= 15 is 0 Å². The molecule has 0 fully saturated rings. The summed E-state index contributed by atoms with van der Waals surface area (Å²) >= 11 is 0. The Labute approximate surface area is 211 Å². The van der Waals surface area contributed by atoms with Gasteiger partial charge in [-0.15, -0.1) is 17.4 Å². The SMILES string of the molecule is C#CCCn1nc(CCCCCCCC)n(Cc2ccc(-c3ccccc3-c3nnn[nH]3)cc2)c1=O. The maximum absolute atomic E-state index is 13.1. The van der Waals surface area contributed by atoms with Crippen LogP contribution >= 0.6 is 0 Å². The van der Waals surface area contributed by atoms with E-state index in [1.165, 1.54) is 30.4 Å². The number of aromatic nitrogens is 7. The van der Waals surface area contributed by atoms with Crippen molar-refractivity contribution in [2.45, 2.75) is 71.4 Å². The van der Waals surface area contributed by atoms with Crippen molar-refractivity contribution < 1.29 is 0 Å². The van der Waals surface area contributed by atoms with Crippen molar-refractivity contribution in [3.05, 3.63) is 70.4 Å². The first kappa shape index (κ1) is 25.1. The molecule has 2 aromatic heterocycles. The predicted molar refractivity (Wildman–Crippen MR) is 141 cm³/mol. The molecule has 0 aliphatic heterocycles. The van der Waals surface area contributed by atoms with Gasteiger partial charge in [-0.2, -0.15) is 5.10 Å². The summed E-state index contributed by atoms with van der Waals surface area (Å²) in [6, 6.07) is 16.3. The first-order valence-electron chi connectivity index (χ1n) is 12.7. The Balaban J connectivity index is 1.52. The van der Waals surface area contributed by atoms with E-state index in [0.717, 1.165) is 47.3 Å². The van der Waals surface area contributed by atoms with Crippen LogP contribution in [0.1, 0.15) is 63.3 Å². The van der Waals surface area contributed by atoms with Crippen LogP contribution in [0.2, 0.25) is 0 Å². The molecule has 186 valence electrons. The normalized spacial score (nSPS) is 11.0. The van der Waals surface area contributed by atoms with Crippen LogP contribution in [0, 0.1) is 12.3 Å². The summed E-state index contributed by atoms with van der Waals surface area (Å²) in [6.07, 6.45) is 13.9. The Morgan fingerprint density at radius 3 is 2.44 bits per heavy atom. The fourth-order valence-corrected chi connectivity index (χ4v) is 4.40. The zero-order chi connectivity index (χ0) is 25.2. The first-order valence-corrected chi connectivity index (χ1v) is 12.7. The van der Waals surface area contributed by atoms with Gasteiger partial charge in [0.2, 0.25) is 0 Å². The van der Waals surface area contributed by atoms with Crippen LogP contribution in [0.3, 0.4) is 0 Å². The molecule has 8 heteroatoms. The molecule has 0 bridgehead atoms. The van der Waals surface area contributed by atoms with Gasteiger partial charge in [0, 0.05) is 18.4 Å². The Kier molecular flexibility index (Phi) is 8.82. The van der Waals surface area contributed by atoms with Crippen LogP contribution in [0.4, 0.5) is 0 Å². The van der Waals surface area contributed by atoms with Gasteiger partial charge in [-0.25, -0.2) is 14.6 Å². The predicted octanol–water partition coefficient (Wildman–Crippen LogP) is 4.87. The highest BCUT2D eigenvalue weighted by molar-refractivity contribution is 5.80. The minimum Gasteiger partial charge on any atom is -0.274 e. The monoisotopic (exact) mass is 483 g/mol. The molecule has 0 atom stereocenters. The number of aromatic amines is 1. The third kappa shape index (κ3) is 6.16. The molecule has 2 aromatic carbocycles. The molecule has 8 nitrogen and oxygen atoms in total. The average molecular weight is 484 g/mol. The maximum Gasteiger partial charge on any atom is 0.346 e. The van der Waals surface area contributed by atoms with E-state index in [1.54, 1.807) is 4.57 Å². The van der Waals surface area contributed by atoms with E-state index in [2.05, 4.69) is 62.8 Å². The molecule has 1 N–H and O–H groups in total. The highest BCUT2D eigenvalue weighted by Gasteiger charge is 2.14. The molecule has 0 aliphatic carbocycles. The number of nitrogens with one attached hydrogen (secondary N) is 1. The molecule has 0 aliphatic rings. The van der Waals surface area contributed by atoms with E-state index < -0.39 is 0 Å². The van der Waals surface area contributed by atoms with Crippen molar-refractivity contribution in [1.29, 1.82) is 0 Å². The number of H-pyrrole nitrogens is 1. The molecular weight excluding hydrogens is 450 g/mol. The van der Waals surface area contributed by atoms with Crippen LogP contribution in [0.15, 0.2) is 53.3 Å². The minimum atomic E-state index is -0.0986. The largest absolute Gasteiger partial charge is 0.346 e. The zero-order valence-corrected chi connectivity index (χ0v) is 20.9. The number of aryl methyl sites for hydroxylation is 2. The standard InChI is InChI=1S/C28H33N7O/c1-3-5-7-8-9-10-15-26-31-35(20-6-4-2)28(36)34(26)21-22-16-18-23(19-17-22)24-13-11-12-14-25(24)27-29-32-33-30-27/h2,11-14,16-19H,3,5-10,15,20-21H2,1H3,(H,29,30,32,33). The number of rotatable bonds is 13. The lowest BCUT2D eigenvalue weighted by atomic mass is 9.98. The summed E-state index contributed by atoms with van der Waals surface area (Å²) in [5.74, 6) is 4.06. The second kappa shape index (κ2) is 12.6. The topological polar surface area (TPSA) is 94.3 Å². The number of tetrazole rings is 1. The molecule has 0 saturated carbocycles. The van der Waals surface area contributed by atoms with Gasteiger partial charge in [0.1, 0.15) is 5.82 Å². The average Bonchev–Trinajstić information content (AvgIpc) is 3.55. The van der Waals surface area contributed by atoms with Crippen molar-refractivity contribution in [2.75, 3.05) is 0 Å². The molecule has 0 radical (unpaired) electrons. The van der Waals surface area contributed by atoms with Gasteiger partial charge in [-0.05, 0) is 33.5 Å². The van der Waals surface area contributed by atoms with E-state index in [9.17, 15) is 4.79 Å². The van der Waals surface area contributed by atoms with E-state index in [1.807, 2.05) is 24.3 Å². The molecule has 0 saturated heterocycles. The van der Waals surface area contributed by atoms with Crippen LogP contribution in [0.5, 0.6) is 0 Å². The van der Waals surface area contributed by atoms with Crippen molar-refractivity contribution in [3.63, 3.8) is 0 Å². The van der Waals surface area contributed by atoms with E-state index in [4.69, 9.17) is 6.42 Å². The molecule has 36 heavy (non-hydrogen) atoms. The lowest BCUT2D eigenvalue weighted by Crippen LogP contribution is -2.26. The number of benzene rings is 2. The lowest BCUT2D eigenvalue weighted by Gasteiger charge is -2.09. The van der Waals surface area contributed by atoms with Crippen molar-refractivity contribution in [3.8, 4) is 34.9 Å². The lowest BCUT2D eigenvalue weighted by molar-refractivity contribution is 0.582. The van der Waals surface area contributed by atoms with Gasteiger partial charge in [0.25, 0.3) is 0 Å². The van der Waals surface area contributed by atoms with Gasteiger partial charge in [0.15, 0.2) is 5.82 Å². The van der Waals surface area contributed by atoms with Crippen LogP contribution < -0.4 is 5.69 Å². The second-order valence-electron chi connectivity index (χ2n) is 8.97. The number of unbranched alkanes of at least 4 members (excludes halogenated alkanes) is 5. The smallest absolute Gasteiger partial charge is 0.274 e. The molecule has 0 amide bonds. The highest BCUT2D eigenvalue weighted by atomic mass is 16.2. The van der Waals surface area contributed by atoms with Crippen molar-refractivity contribution in [1.82, 2.24) is 35.0 Å². The number of terminal acetylenes is 1. The third-order valence-corrected chi connectivity index (χ3v) is 6.35. The summed E-state index contributed by atoms with van der Waals surface area (Å²) in [4.78, 5) is 13.1. The van der Waals surface area contributed by atoms with Crippen LogP contribution in [-0.4, -0.2) is 35.0 Å². The minimum absolute atomic E-state index is 0.0986. The summed E-state index contributed by atoms with van der Waals surface area (Å²) in [5.41, 5.74) is 3.96. The number of nitrogens with zero attached hydrogens (tertiary/aromatic N) is 6. The van der Waals surface area contributed by atoms with Crippen LogP contribution in [-0.2, 0) is 19.5 Å². The molecule has 4 aromatic rings. The van der Waals surface area contributed by atoms with E-state index in [-0.39, 0.29) is 5.69 Å².